The number of hydrogen-bond donors (Lipinski definition) is 1. The number of benzene rings is 3. The van der Waals surface area contributed by atoms with Crippen LogP contribution in [0.15, 0.2) is 71.6 Å². The van der Waals surface area contributed by atoms with E-state index >= 15 is 0 Å². The van der Waals surface area contributed by atoms with Crippen molar-refractivity contribution >= 4 is 21.6 Å². The maximum absolute atomic E-state index is 13.4. The summed E-state index contributed by atoms with van der Waals surface area (Å²) in [6, 6.07) is 15.3. The minimum atomic E-state index is -4.68. The van der Waals surface area contributed by atoms with Crippen LogP contribution in [0.1, 0.15) is 22.3 Å². The summed E-state index contributed by atoms with van der Waals surface area (Å²) in [5, 5.41) is 2.57. The van der Waals surface area contributed by atoms with Crippen LogP contribution in [0.5, 0.6) is 5.75 Å². The molecule has 0 aliphatic carbocycles. The third-order valence-corrected chi connectivity index (χ3v) is 7.38. The normalized spacial score (nSPS) is 11.7. The average Bonchev–Trinajstić information content (AvgIpc) is 2.82. The van der Waals surface area contributed by atoms with Gasteiger partial charge >= 0.3 is 6.18 Å². The molecular formula is C26H27F3N2O4S. The molecule has 0 spiro atoms. The molecule has 0 saturated carbocycles. The monoisotopic (exact) mass is 520 g/mol. The second-order valence-corrected chi connectivity index (χ2v) is 10.1. The number of anilines is 1. The standard InChI is InChI=1S/C26H27F3N2O4S/c1-18-10-12-23(13-11-18)36(33,34)31(22-8-5-7-21(16-22)26(27,28)29)17-25(32)30-14-15-35-24-9-4-6-19(2)20(24)3/h4-13,16H,14-15,17H2,1-3H3,(H,30,32). The van der Waals surface area contributed by atoms with Crippen LogP contribution in [0.25, 0.3) is 0 Å². The summed E-state index contributed by atoms with van der Waals surface area (Å²) in [6.07, 6.45) is -4.68. The third kappa shape index (κ3) is 6.57. The van der Waals surface area contributed by atoms with E-state index in [1.54, 1.807) is 25.1 Å². The van der Waals surface area contributed by atoms with Gasteiger partial charge in [-0.1, -0.05) is 35.9 Å². The van der Waals surface area contributed by atoms with Gasteiger partial charge in [0.1, 0.15) is 18.9 Å². The van der Waals surface area contributed by atoms with Crippen molar-refractivity contribution in [1.82, 2.24) is 5.32 Å². The van der Waals surface area contributed by atoms with Gasteiger partial charge in [0.15, 0.2) is 0 Å². The SMILES string of the molecule is Cc1ccc(S(=O)(=O)N(CC(=O)NCCOc2cccc(C)c2C)c2cccc(C(F)(F)F)c2)cc1. The number of sulfonamides is 1. The lowest BCUT2D eigenvalue weighted by Crippen LogP contribution is -2.42. The third-order valence-electron chi connectivity index (χ3n) is 5.59. The van der Waals surface area contributed by atoms with E-state index in [4.69, 9.17) is 4.74 Å². The van der Waals surface area contributed by atoms with Crippen molar-refractivity contribution in [2.75, 3.05) is 24.0 Å². The van der Waals surface area contributed by atoms with Gasteiger partial charge in [-0.3, -0.25) is 9.10 Å². The highest BCUT2D eigenvalue weighted by Gasteiger charge is 2.33. The summed E-state index contributed by atoms with van der Waals surface area (Å²) >= 11 is 0. The van der Waals surface area contributed by atoms with Gasteiger partial charge in [0, 0.05) is 0 Å². The Kier molecular flexibility index (Phi) is 8.29. The predicted molar refractivity (Wildman–Crippen MR) is 132 cm³/mol. The summed E-state index contributed by atoms with van der Waals surface area (Å²) in [7, 11) is -4.34. The number of nitrogens with one attached hydrogen (secondary N) is 1. The van der Waals surface area contributed by atoms with Gasteiger partial charge < -0.3 is 10.1 Å². The lowest BCUT2D eigenvalue weighted by molar-refractivity contribution is -0.137. The number of amides is 1. The van der Waals surface area contributed by atoms with Crippen LogP contribution in [-0.4, -0.2) is 34.0 Å². The van der Waals surface area contributed by atoms with Crippen LogP contribution in [-0.2, 0) is 21.0 Å². The first kappa shape index (κ1) is 27.1. The van der Waals surface area contributed by atoms with Crippen LogP contribution >= 0.6 is 0 Å². The van der Waals surface area contributed by atoms with E-state index in [9.17, 15) is 26.4 Å². The molecule has 0 radical (unpaired) electrons. The summed E-state index contributed by atoms with van der Waals surface area (Å²) in [5.41, 5.74) is 1.53. The van der Waals surface area contributed by atoms with Gasteiger partial charge in [0.25, 0.3) is 10.0 Å². The molecule has 1 N–H and O–H groups in total. The molecule has 0 saturated heterocycles. The number of ether oxygens (including phenoxy) is 1. The number of hydrogen-bond acceptors (Lipinski definition) is 4. The molecule has 1 amide bonds. The molecule has 0 atom stereocenters. The highest BCUT2D eigenvalue weighted by molar-refractivity contribution is 7.92. The second kappa shape index (κ2) is 11.0. The molecule has 3 aromatic carbocycles. The fourth-order valence-corrected chi connectivity index (χ4v) is 4.82. The summed E-state index contributed by atoms with van der Waals surface area (Å²) in [6.45, 7) is 5.13. The minimum absolute atomic E-state index is 0.0766. The second-order valence-electron chi connectivity index (χ2n) is 8.27. The molecule has 0 heterocycles. The van der Waals surface area contributed by atoms with Crippen LogP contribution in [0.2, 0.25) is 0 Å². The summed E-state index contributed by atoms with van der Waals surface area (Å²) in [5.74, 6) is -0.0237. The molecule has 6 nitrogen and oxygen atoms in total. The van der Waals surface area contributed by atoms with Crippen molar-refractivity contribution in [2.45, 2.75) is 31.8 Å². The Morgan fingerprint density at radius 1 is 0.972 bits per heavy atom. The van der Waals surface area contributed by atoms with Crippen molar-refractivity contribution < 1.29 is 31.1 Å². The first-order valence-electron chi connectivity index (χ1n) is 11.1. The number of halogens is 3. The van der Waals surface area contributed by atoms with Gasteiger partial charge in [0.2, 0.25) is 5.91 Å². The van der Waals surface area contributed by atoms with Crippen LogP contribution in [0, 0.1) is 20.8 Å². The fourth-order valence-electron chi connectivity index (χ4n) is 3.41. The number of aryl methyl sites for hydroxylation is 2. The molecule has 0 aliphatic rings. The molecule has 0 bridgehead atoms. The summed E-state index contributed by atoms with van der Waals surface area (Å²) in [4.78, 5) is 12.5. The van der Waals surface area contributed by atoms with Crippen molar-refractivity contribution in [3.63, 3.8) is 0 Å². The molecule has 3 aromatic rings. The van der Waals surface area contributed by atoms with Gasteiger partial charge in [-0.25, -0.2) is 8.42 Å². The van der Waals surface area contributed by atoms with Crippen LogP contribution in [0.4, 0.5) is 18.9 Å². The largest absolute Gasteiger partial charge is 0.491 e. The zero-order chi connectivity index (χ0) is 26.5. The maximum Gasteiger partial charge on any atom is 0.416 e. The highest BCUT2D eigenvalue weighted by atomic mass is 32.2. The number of rotatable bonds is 9. The molecule has 0 aromatic heterocycles. The smallest absolute Gasteiger partial charge is 0.416 e. The molecule has 36 heavy (non-hydrogen) atoms. The Morgan fingerprint density at radius 2 is 1.64 bits per heavy atom. The van der Waals surface area contributed by atoms with E-state index in [1.807, 2.05) is 26.0 Å². The van der Waals surface area contributed by atoms with Gasteiger partial charge in [-0.2, -0.15) is 13.2 Å². The Labute approximate surface area is 208 Å². The Morgan fingerprint density at radius 3 is 2.31 bits per heavy atom. The lowest BCUT2D eigenvalue weighted by Gasteiger charge is -2.25. The predicted octanol–water partition coefficient (Wildman–Crippen LogP) is 5.02. The highest BCUT2D eigenvalue weighted by Crippen LogP contribution is 2.33. The quantitative estimate of drug-likeness (QED) is 0.402. The Bertz CT molecular complexity index is 1320. The van der Waals surface area contributed by atoms with Gasteiger partial charge in [-0.15, -0.1) is 0 Å². The molecule has 0 fully saturated rings. The number of alkyl halides is 3. The van der Waals surface area contributed by atoms with Crippen LogP contribution in [0.3, 0.4) is 0 Å². The lowest BCUT2D eigenvalue weighted by atomic mass is 10.1. The summed E-state index contributed by atoms with van der Waals surface area (Å²) < 4.78 is 73.0. The van der Waals surface area contributed by atoms with Gasteiger partial charge in [-0.05, 0) is 68.3 Å². The first-order chi connectivity index (χ1) is 16.9. The average molecular weight is 521 g/mol. The first-order valence-corrected chi connectivity index (χ1v) is 12.6. The van der Waals surface area contributed by atoms with E-state index in [2.05, 4.69) is 5.32 Å². The van der Waals surface area contributed by atoms with E-state index in [1.165, 1.54) is 18.2 Å². The van der Waals surface area contributed by atoms with E-state index < -0.39 is 34.2 Å². The number of carbonyl (C=O) groups excluding carboxylic acids is 1. The maximum atomic E-state index is 13.4. The Balaban J connectivity index is 1.79. The molecule has 0 unspecified atom stereocenters. The van der Waals surface area contributed by atoms with E-state index in [-0.39, 0.29) is 23.7 Å². The van der Waals surface area contributed by atoms with Gasteiger partial charge in [0.05, 0.1) is 22.7 Å². The van der Waals surface area contributed by atoms with Crippen LogP contribution < -0.4 is 14.4 Å². The molecule has 192 valence electrons. The number of carbonyl (C=O) groups is 1. The molecule has 0 aliphatic heterocycles. The minimum Gasteiger partial charge on any atom is -0.491 e. The molecule has 3 rings (SSSR count). The topological polar surface area (TPSA) is 75.7 Å². The zero-order valence-electron chi connectivity index (χ0n) is 20.1. The zero-order valence-corrected chi connectivity index (χ0v) is 20.9. The fraction of sp³-hybridized carbons (Fsp3) is 0.269. The van der Waals surface area contributed by atoms with Crippen molar-refractivity contribution in [1.29, 1.82) is 0 Å². The van der Waals surface area contributed by atoms with E-state index in [0.29, 0.717) is 16.1 Å². The number of nitrogens with zero attached hydrogens (tertiary/aromatic N) is 1. The van der Waals surface area contributed by atoms with Crippen molar-refractivity contribution in [3.8, 4) is 5.75 Å². The van der Waals surface area contributed by atoms with Crippen molar-refractivity contribution in [3.05, 3.63) is 89.0 Å². The molecule has 10 heteroatoms. The Hall–Kier alpha value is -3.53. The van der Waals surface area contributed by atoms with Crippen molar-refractivity contribution in [2.24, 2.45) is 0 Å². The van der Waals surface area contributed by atoms with E-state index in [0.717, 1.165) is 28.8 Å². The molecular weight excluding hydrogens is 493 g/mol.